The Bertz CT molecular complexity index is 1010. The molecule has 0 unspecified atom stereocenters. The standard InChI is InChI=1S/C19H16F5N3O4/c1-30-15-9(2-3-11(20)14(15)21)10-7-13(19(22,23)24)31-16(10)18(29)27-8-4-5-26-12(6-8)17(25)28/h2-6,10,13,16H,7H2,1H3,(H2,25,28)(H,26,27,29)/t10-,13+,16+/m0/s1. The smallest absolute Gasteiger partial charge is 0.414 e. The lowest BCUT2D eigenvalue weighted by atomic mass is 9.89. The van der Waals surface area contributed by atoms with Crippen molar-refractivity contribution in [3.63, 3.8) is 0 Å². The van der Waals surface area contributed by atoms with Crippen LogP contribution in [0.25, 0.3) is 0 Å². The zero-order valence-corrected chi connectivity index (χ0v) is 15.9. The van der Waals surface area contributed by atoms with E-state index in [-0.39, 0.29) is 16.9 Å². The highest BCUT2D eigenvalue weighted by atomic mass is 19.4. The minimum absolute atomic E-state index is 0.0314. The van der Waals surface area contributed by atoms with Gasteiger partial charge in [0.05, 0.1) is 7.11 Å². The number of carbonyl (C=O) groups excluding carboxylic acids is 2. The first-order valence-electron chi connectivity index (χ1n) is 8.83. The molecule has 1 aliphatic rings. The van der Waals surface area contributed by atoms with Crippen molar-refractivity contribution in [2.24, 2.45) is 5.73 Å². The lowest BCUT2D eigenvalue weighted by molar-refractivity contribution is -0.213. The molecule has 0 saturated carbocycles. The number of rotatable bonds is 5. The fourth-order valence-corrected chi connectivity index (χ4v) is 3.33. The van der Waals surface area contributed by atoms with E-state index in [0.29, 0.717) is 0 Å². The molecule has 0 spiro atoms. The Labute approximate surface area is 172 Å². The molecule has 3 N–H and O–H groups in total. The lowest BCUT2D eigenvalue weighted by Crippen LogP contribution is -2.34. The van der Waals surface area contributed by atoms with E-state index < -0.39 is 59.9 Å². The number of amides is 2. The predicted octanol–water partition coefficient (Wildman–Crippen LogP) is 2.91. The first-order chi connectivity index (χ1) is 14.5. The summed E-state index contributed by atoms with van der Waals surface area (Å²) in [6, 6.07) is 4.18. The number of nitrogens with one attached hydrogen (secondary N) is 1. The van der Waals surface area contributed by atoms with E-state index in [1.807, 2.05) is 0 Å². The molecule has 3 atom stereocenters. The molecular weight excluding hydrogens is 429 g/mol. The molecular formula is C19H16F5N3O4. The van der Waals surface area contributed by atoms with Gasteiger partial charge in [0.2, 0.25) is 5.82 Å². The molecule has 12 heteroatoms. The van der Waals surface area contributed by atoms with Crippen LogP contribution in [0.4, 0.5) is 27.6 Å². The summed E-state index contributed by atoms with van der Waals surface area (Å²) in [5.41, 5.74) is 4.81. The summed E-state index contributed by atoms with van der Waals surface area (Å²) in [6.07, 6.45) is -8.37. The molecule has 3 rings (SSSR count). The van der Waals surface area contributed by atoms with E-state index in [9.17, 15) is 31.5 Å². The Balaban J connectivity index is 1.96. The topological polar surface area (TPSA) is 104 Å². The Hall–Kier alpha value is -3.28. The van der Waals surface area contributed by atoms with Gasteiger partial charge in [-0.2, -0.15) is 17.6 Å². The Kier molecular flexibility index (Phi) is 6.11. The highest BCUT2D eigenvalue weighted by Crippen LogP contribution is 2.45. The lowest BCUT2D eigenvalue weighted by Gasteiger charge is -2.21. The molecule has 2 aromatic rings. The number of aromatic nitrogens is 1. The molecule has 1 aliphatic heterocycles. The Morgan fingerprint density at radius 3 is 2.58 bits per heavy atom. The number of nitrogens with zero attached hydrogens (tertiary/aromatic N) is 1. The second-order valence-electron chi connectivity index (χ2n) is 6.70. The van der Waals surface area contributed by atoms with Crippen molar-refractivity contribution in [2.75, 3.05) is 12.4 Å². The zero-order valence-electron chi connectivity index (χ0n) is 15.9. The molecule has 7 nitrogen and oxygen atoms in total. The predicted molar refractivity (Wildman–Crippen MR) is 96.4 cm³/mol. The van der Waals surface area contributed by atoms with Crippen LogP contribution in [-0.4, -0.2) is 42.3 Å². The molecule has 0 bridgehead atoms. The summed E-state index contributed by atoms with van der Waals surface area (Å²) in [6.45, 7) is 0. The van der Waals surface area contributed by atoms with E-state index >= 15 is 0 Å². The minimum Gasteiger partial charge on any atom is -0.493 e. The number of nitrogens with two attached hydrogens (primary N) is 1. The number of anilines is 1. The summed E-state index contributed by atoms with van der Waals surface area (Å²) in [5.74, 6) is -6.44. The number of carbonyl (C=O) groups is 2. The maximum absolute atomic E-state index is 14.1. The molecule has 1 fully saturated rings. The number of pyridine rings is 1. The molecule has 2 heterocycles. The SMILES string of the molecule is COc1c([C@@H]2C[C@H](C(F)(F)F)O[C@H]2C(=O)Nc2ccnc(C(N)=O)c2)ccc(F)c1F. The van der Waals surface area contributed by atoms with Gasteiger partial charge in [0, 0.05) is 23.4 Å². The van der Waals surface area contributed by atoms with Gasteiger partial charge in [-0.25, -0.2) is 4.39 Å². The Morgan fingerprint density at radius 2 is 1.97 bits per heavy atom. The van der Waals surface area contributed by atoms with E-state index in [0.717, 1.165) is 25.3 Å². The number of methoxy groups -OCH3 is 1. The van der Waals surface area contributed by atoms with Crippen molar-refractivity contribution in [3.05, 3.63) is 53.4 Å². The van der Waals surface area contributed by atoms with Crippen LogP contribution < -0.4 is 15.8 Å². The van der Waals surface area contributed by atoms with Gasteiger partial charge in [-0.3, -0.25) is 14.6 Å². The van der Waals surface area contributed by atoms with Gasteiger partial charge in [0.1, 0.15) is 11.8 Å². The maximum atomic E-state index is 14.1. The summed E-state index contributed by atoms with van der Waals surface area (Å²) in [4.78, 5) is 27.7. The number of primary amides is 1. The van der Waals surface area contributed by atoms with Crippen molar-refractivity contribution < 1.29 is 41.0 Å². The van der Waals surface area contributed by atoms with Gasteiger partial charge in [-0.05, 0) is 24.6 Å². The van der Waals surface area contributed by atoms with E-state index in [4.69, 9.17) is 15.2 Å². The summed E-state index contributed by atoms with van der Waals surface area (Å²) in [7, 11) is 1.02. The normalized spacial score (nSPS) is 21.0. The van der Waals surface area contributed by atoms with Gasteiger partial charge in [-0.15, -0.1) is 0 Å². The Morgan fingerprint density at radius 1 is 1.26 bits per heavy atom. The number of ether oxygens (including phenoxy) is 2. The van der Waals surface area contributed by atoms with Crippen LogP contribution >= 0.6 is 0 Å². The zero-order chi connectivity index (χ0) is 22.9. The molecule has 1 aromatic carbocycles. The van der Waals surface area contributed by atoms with Gasteiger partial charge < -0.3 is 20.5 Å². The van der Waals surface area contributed by atoms with Crippen LogP contribution in [0.1, 0.15) is 28.4 Å². The second kappa shape index (κ2) is 8.46. The minimum atomic E-state index is -4.80. The highest BCUT2D eigenvalue weighted by Gasteiger charge is 2.52. The average Bonchev–Trinajstić information content (AvgIpc) is 3.16. The number of hydrogen-bond donors (Lipinski definition) is 2. The molecule has 1 aromatic heterocycles. The van der Waals surface area contributed by atoms with Crippen LogP contribution in [0, 0.1) is 11.6 Å². The van der Waals surface area contributed by atoms with Crippen molar-refractivity contribution in [2.45, 2.75) is 30.7 Å². The van der Waals surface area contributed by atoms with Crippen LogP contribution in [0.5, 0.6) is 5.75 Å². The summed E-state index contributed by atoms with van der Waals surface area (Å²) in [5, 5.41) is 2.33. The van der Waals surface area contributed by atoms with Crippen LogP contribution in [0.2, 0.25) is 0 Å². The van der Waals surface area contributed by atoms with Crippen LogP contribution in [0.3, 0.4) is 0 Å². The third-order valence-corrected chi connectivity index (χ3v) is 4.73. The van der Waals surface area contributed by atoms with Crippen molar-refractivity contribution in [1.82, 2.24) is 4.98 Å². The fraction of sp³-hybridized carbons (Fsp3) is 0.316. The molecule has 2 amide bonds. The summed E-state index contributed by atoms with van der Waals surface area (Å²) >= 11 is 0. The number of alkyl halides is 3. The highest BCUT2D eigenvalue weighted by molar-refractivity contribution is 5.97. The van der Waals surface area contributed by atoms with E-state index in [1.54, 1.807) is 0 Å². The monoisotopic (exact) mass is 445 g/mol. The molecule has 0 aliphatic carbocycles. The maximum Gasteiger partial charge on any atom is 0.414 e. The van der Waals surface area contributed by atoms with Gasteiger partial charge in [0.25, 0.3) is 11.8 Å². The van der Waals surface area contributed by atoms with Crippen LogP contribution in [-0.2, 0) is 9.53 Å². The van der Waals surface area contributed by atoms with Crippen molar-refractivity contribution in [1.29, 1.82) is 0 Å². The molecule has 1 saturated heterocycles. The third-order valence-electron chi connectivity index (χ3n) is 4.73. The van der Waals surface area contributed by atoms with Crippen LogP contribution in [0.15, 0.2) is 30.5 Å². The second-order valence-corrected chi connectivity index (χ2v) is 6.70. The number of benzene rings is 1. The molecule has 31 heavy (non-hydrogen) atoms. The van der Waals surface area contributed by atoms with Crippen molar-refractivity contribution in [3.8, 4) is 5.75 Å². The molecule has 166 valence electrons. The van der Waals surface area contributed by atoms with E-state index in [2.05, 4.69) is 10.3 Å². The quantitative estimate of drug-likeness (QED) is 0.689. The van der Waals surface area contributed by atoms with Gasteiger partial charge in [0.15, 0.2) is 17.7 Å². The molecule has 0 radical (unpaired) electrons. The fourth-order valence-electron chi connectivity index (χ4n) is 3.33. The largest absolute Gasteiger partial charge is 0.493 e. The average molecular weight is 445 g/mol. The van der Waals surface area contributed by atoms with Gasteiger partial charge >= 0.3 is 6.18 Å². The van der Waals surface area contributed by atoms with E-state index in [1.165, 1.54) is 12.3 Å². The third kappa shape index (κ3) is 4.58. The number of halogens is 5. The first-order valence-corrected chi connectivity index (χ1v) is 8.83. The van der Waals surface area contributed by atoms with Gasteiger partial charge in [-0.1, -0.05) is 6.07 Å². The number of hydrogen-bond acceptors (Lipinski definition) is 5. The van der Waals surface area contributed by atoms with Crippen molar-refractivity contribution >= 4 is 17.5 Å². The first kappa shape index (κ1) is 22.4. The summed E-state index contributed by atoms with van der Waals surface area (Å²) < 4.78 is 77.4.